The summed E-state index contributed by atoms with van der Waals surface area (Å²) in [5, 5.41) is 5.87. The molecule has 2 aromatic heterocycles. The second-order valence-electron chi connectivity index (χ2n) is 4.33. The number of pyridine rings is 1. The van der Waals surface area contributed by atoms with Crippen LogP contribution in [0.3, 0.4) is 0 Å². The highest BCUT2D eigenvalue weighted by atomic mass is 32.2. The van der Waals surface area contributed by atoms with Crippen molar-refractivity contribution in [2.45, 2.75) is 6.92 Å². The van der Waals surface area contributed by atoms with Crippen molar-refractivity contribution in [3.8, 4) is 10.4 Å². The summed E-state index contributed by atoms with van der Waals surface area (Å²) >= 11 is 0.495. The van der Waals surface area contributed by atoms with E-state index in [1.807, 2.05) is 19.1 Å². The predicted molar refractivity (Wildman–Crippen MR) is 86.0 cm³/mol. The van der Waals surface area contributed by atoms with Gasteiger partial charge in [-0.2, -0.15) is 0 Å². The normalized spacial score (nSPS) is 12.0. The van der Waals surface area contributed by atoms with Gasteiger partial charge in [0.25, 0.3) is 0 Å². The van der Waals surface area contributed by atoms with Crippen LogP contribution in [0.25, 0.3) is 10.4 Å². The van der Waals surface area contributed by atoms with Gasteiger partial charge >= 0.3 is 6.03 Å². The molecule has 0 aliphatic carbocycles. The number of nitrogens with zero attached hydrogens (tertiary/aromatic N) is 2. The molecule has 21 heavy (non-hydrogen) atoms. The van der Waals surface area contributed by atoms with E-state index in [2.05, 4.69) is 20.6 Å². The standard InChI is InChI=1S/C13H16N4O2S2/c1-9-11(10-3-5-14-6-4-10)20-13(16-9)17-12(18)15-7-8-21(2)19/h3-6H,7-8H2,1-2H3,(H2,15,16,17,18). The molecule has 0 aromatic carbocycles. The number of aryl methyl sites for hydroxylation is 1. The van der Waals surface area contributed by atoms with Crippen molar-refractivity contribution in [3.05, 3.63) is 30.2 Å². The van der Waals surface area contributed by atoms with Gasteiger partial charge in [0.15, 0.2) is 5.13 Å². The molecule has 2 rings (SSSR count). The lowest BCUT2D eigenvalue weighted by atomic mass is 10.2. The molecule has 1 unspecified atom stereocenters. The maximum absolute atomic E-state index is 11.7. The first-order valence-electron chi connectivity index (χ1n) is 6.29. The SMILES string of the molecule is Cc1nc(NC(=O)NCC[S+](C)[O-])sc1-c1ccncc1. The third-order valence-electron chi connectivity index (χ3n) is 2.63. The number of urea groups is 1. The summed E-state index contributed by atoms with van der Waals surface area (Å²) in [4.78, 5) is 21.0. The molecule has 0 fully saturated rings. The van der Waals surface area contributed by atoms with Gasteiger partial charge in [-0.1, -0.05) is 22.5 Å². The van der Waals surface area contributed by atoms with Crippen LogP contribution >= 0.6 is 11.3 Å². The largest absolute Gasteiger partial charge is 0.617 e. The first-order chi connectivity index (χ1) is 10.1. The van der Waals surface area contributed by atoms with Gasteiger partial charge in [0.2, 0.25) is 0 Å². The summed E-state index contributed by atoms with van der Waals surface area (Å²) in [6, 6.07) is 3.47. The third-order valence-corrected chi connectivity index (χ3v) is 4.54. The average Bonchev–Trinajstić information content (AvgIpc) is 2.80. The van der Waals surface area contributed by atoms with Crippen LogP contribution in [0.15, 0.2) is 24.5 Å². The number of anilines is 1. The highest BCUT2D eigenvalue weighted by Crippen LogP contribution is 2.32. The van der Waals surface area contributed by atoms with Crippen LogP contribution in [-0.2, 0) is 11.2 Å². The fourth-order valence-electron chi connectivity index (χ4n) is 1.67. The van der Waals surface area contributed by atoms with Crippen molar-refractivity contribution in [1.29, 1.82) is 0 Å². The molecule has 0 radical (unpaired) electrons. The van der Waals surface area contributed by atoms with Gasteiger partial charge in [-0.3, -0.25) is 10.3 Å². The van der Waals surface area contributed by atoms with Crippen molar-refractivity contribution in [2.75, 3.05) is 23.9 Å². The van der Waals surface area contributed by atoms with Crippen LogP contribution in [0.5, 0.6) is 0 Å². The Balaban J connectivity index is 1.98. The van der Waals surface area contributed by atoms with Crippen LogP contribution in [0.1, 0.15) is 5.69 Å². The molecule has 0 aliphatic heterocycles. The second-order valence-corrected chi connectivity index (χ2v) is 6.88. The molecule has 1 atom stereocenters. The molecule has 2 amide bonds. The summed E-state index contributed by atoms with van der Waals surface area (Å²) in [7, 11) is 0. The first kappa shape index (κ1) is 15.7. The molecule has 2 N–H and O–H groups in total. The zero-order valence-electron chi connectivity index (χ0n) is 11.8. The Kier molecular flexibility index (Phi) is 5.54. The minimum atomic E-state index is -0.914. The molecular weight excluding hydrogens is 308 g/mol. The van der Waals surface area contributed by atoms with Crippen molar-refractivity contribution in [1.82, 2.24) is 15.3 Å². The Morgan fingerprint density at radius 2 is 2.14 bits per heavy atom. The topological polar surface area (TPSA) is 90.0 Å². The Labute approximate surface area is 130 Å². The molecule has 2 heterocycles. The maximum atomic E-state index is 11.7. The molecule has 0 spiro atoms. The fourth-order valence-corrected chi connectivity index (χ4v) is 3.03. The molecule has 2 aromatic rings. The van der Waals surface area contributed by atoms with E-state index < -0.39 is 11.2 Å². The zero-order chi connectivity index (χ0) is 15.2. The lowest BCUT2D eigenvalue weighted by Gasteiger charge is -2.06. The van der Waals surface area contributed by atoms with Gasteiger partial charge in [-0.05, 0) is 24.6 Å². The number of carbonyl (C=O) groups is 1. The van der Waals surface area contributed by atoms with Crippen molar-refractivity contribution in [3.63, 3.8) is 0 Å². The number of hydrogen-bond donors (Lipinski definition) is 2. The quantitative estimate of drug-likeness (QED) is 0.823. The summed E-state index contributed by atoms with van der Waals surface area (Å²) < 4.78 is 10.9. The number of carbonyl (C=O) groups excluding carboxylic acids is 1. The lowest BCUT2D eigenvalue weighted by Crippen LogP contribution is -2.32. The van der Waals surface area contributed by atoms with Gasteiger partial charge < -0.3 is 9.87 Å². The van der Waals surface area contributed by atoms with Crippen LogP contribution < -0.4 is 10.6 Å². The number of thiazole rings is 1. The number of rotatable bonds is 5. The van der Waals surface area contributed by atoms with Crippen molar-refractivity contribution < 1.29 is 9.35 Å². The average molecular weight is 324 g/mol. The van der Waals surface area contributed by atoms with Gasteiger partial charge in [-0.15, -0.1) is 0 Å². The Hall–Kier alpha value is -1.64. The van der Waals surface area contributed by atoms with Crippen molar-refractivity contribution >= 4 is 33.7 Å². The Bertz CT molecular complexity index is 601. The second kappa shape index (κ2) is 7.39. The number of nitrogens with one attached hydrogen (secondary N) is 2. The molecule has 112 valence electrons. The summed E-state index contributed by atoms with van der Waals surface area (Å²) in [5.41, 5.74) is 1.88. The van der Waals surface area contributed by atoms with Gasteiger partial charge in [0.1, 0.15) is 5.75 Å². The molecule has 6 nitrogen and oxygen atoms in total. The first-order valence-corrected chi connectivity index (χ1v) is 8.83. The van der Waals surface area contributed by atoms with Crippen LogP contribution in [0, 0.1) is 6.92 Å². The highest BCUT2D eigenvalue weighted by Gasteiger charge is 2.11. The van der Waals surface area contributed by atoms with Crippen molar-refractivity contribution in [2.24, 2.45) is 0 Å². The summed E-state index contributed by atoms with van der Waals surface area (Å²) in [5.74, 6) is 0.437. The van der Waals surface area contributed by atoms with Gasteiger partial charge in [0, 0.05) is 12.4 Å². The lowest BCUT2D eigenvalue weighted by molar-refractivity contribution is 0.252. The Morgan fingerprint density at radius 1 is 1.43 bits per heavy atom. The van der Waals surface area contributed by atoms with E-state index in [1.54, 1.807) is 18.6 Å². The minimum Gasteiger partial charge on any atom is -0.617 e. The molecule has 0 bridgehead atoms. The van der Waals surface area contributed by atoms with E-state index in [0.29, 0.717) is 17.4 Å². The van der Waals surface area contributed by atoms with E-state index in [-0.39, 0.29) is 6.03 Å². The monoisotopic (exact) mass is 324 g/mol. The molecule has 0 saturated heterocycles. The Morgan fingerprint density at radius 3 is 2.81 bits per heavy atom. The molecule has 0 saturated carbocycles. The maximum Gasteiger partial charge on any atom is 0.321 e. The zero-order valence-corrected chi connectivity index (χ0v) is 13.4. The highest BCUT2D eigenvalue weighted by molar-refractivity contribution is 7.90. The van der Waals surface area contributed by atoms with E-state index in [9.17, 15) is 9.35 Å². The fraction of sp³-hybridized carbons (Fsp3) is 0.308. The molecule has 0 aliphatic rings. The smallest absolute Gasteiger partial charge is 0.321 e. The number of amides is 2. The predicted octanol–water partition coefficient (Wildman–Crippen LogP) is 2.01. The number of aromatic nitrogens is 2. The van der Waals surface area contributed by atoms with Crippen LogP contribution in [0.2, 0.25) is 0 Å². The molecule has 8 heteroatoms. The van der Waals surface area contributed by atoms with Gasteiger partial charge in [0.05, 0.1) is 23.4 Å². The third kappa shape index (κ3) is 4.69. The molecular formula is C13H16N4O2S2. The van der Waals surface area contributed by atoms with Crippen LogP contribution in [-0.4, -0.2) is 39.1 Å². The van der Waals surface area contributed by atoms with E-state index in [0.717, 1.165) is 16.1 Å². The summed E-state index contributed by atoms with van der Waals surface area (Å²) in [6.07, 6.45) is 5.04. The van der Waals surface area contributed by atoms with E-state index in [1.165, 1.54) is 11.3 Å². The van der Waals surface area contributed by atoms with E-state index in [4.69, 9.17) is 0 Å². The number of hydrogen-bond acceptors (Lipinski definition) is 5. The van der Waals surface area contributed by atoms with E-state index >= 15 is 0 Å². The van der Waals surface area contributed by atoms with Crippen LogP contribution in [0.4, 0.5) is 9.93 Å². The minimum absolute atomic E-state index is 0.338. The summed E-state index contributed by atoms with van der Waals surface area (Å²) in [6.45, 7) is 2.27. The van der Waals surface area contributed by atoms with Gasteiger partial charge in [-0.25, -0.2) is 9.78 Å².